The molecule has 0 fully saturated rings. The van der Waals surface area contributed by atoms with E-state index in [0.29, 0.717) is 5.82 Å². The average molecular weight is 231 g/mol. The lowest BCUT2D eigenvalue weighted by Gasteiger charge is -2.15. The van der Waals surface area contributed by atoms with Crippen LogP contribution in [0.15, 0.2) is 42.9 Å². The molecule has 1 amide bonds. The van der Waals surface area contributed by atoms with E-state index in [-0.39, 0.29) is 5.56 Å². The van der Waals surface area contributed by atoms with Crippen molar-refractivity contribution in [3.8, 4) is 0 Å². The predicted octanol–water partition coefficient (Wildman–Crippen LogP) is 1.89. The minimum Gasteiger partial charge on any atom is -0.296 e. The lowest BCUT2D eigenvalue weighted by molar-refractivity contribution is 0.0988. The van der Waals surface area contributed by atoms with E-state index in [1.54, 1.807) is 31.4 Å². The first-order valence-electron chi connectivity index (χ1n) is 4.99. The van der Waals surface area contributed by atoms with E-state index in [1.807, 2.05) is 0 Å². The molecule has 0 N–H and O–H groups in total. The van der Waals surface area contributed by atoms with Crippen LogP contribution in [0.2, 0.25) is 0 Å². The van der Waals surface area contributed by atoms with E-state index in [9.17, 15) is 9.18 Å². The van der Waals surface area contributed by atoms with Crippen molar-refractivity contribution in [1.29, 1.82) is 0 Å². The van der Waals surface area contributed by atoms with Gasteiger partial charge in [0.05, 0.1) is 11.8 Å². The van der Waals surface area contributed by atoms with Crippen LogP contribution in [-0.2, 0) is 0 Å². The normalized spacial score (nSPS) is 10.0. The Morgan fingerprint density at radius 1 is 1.29 bits per heavy atom. The van der Waals surface area contributed by atoms with Crippen LogP contribution >= 0.6 is 0 Å². The van der Waals surface area contributed by atoms with Crippen LogP contribution in [0.4, 0.5) is 10.2 Å². The van der Waals surface area contributed by atoms with Gasteiger partial charge in [0.15, 0.2) is 5.82 Å². The smallest absolute Gasteiger partial charge is 0.262 e. The highest BCUT2D eigenvalue weighted by atomic mass is 19.1. The molecule has 2 heterocycles. The molecule has 0 spiro atoms. The van der Waals surface area contributed by atoms with Gasteiger partial charge in [-0.1, -0.05) is 6.07 Å². The second-order valence-electron chi connectivity index (χ2n) is 3.41. The fraction of sp³-hybridized carbons (Fsp3) is 0.0833. The quantitative estimate of drug-likeness (QED) is 0.792. The molecule has 5 heteroatoms. The Balaban J connectivity index is 2.30. The number of aromatic nitrogens is 2. The lowest BCUT2D eigenvalue weighted by Crippen LogP contribution is -2.27. The van der Waals surface area contributed by atoms with Crippen LogP contribution < -0.4 is 4.90 Å². The van der Waals surface area contributed by atoms with Gasteiger partial charge < -0.3 is 0 Å². The maximum atomic E-state index is 13.4. The Labute approximate surface area is 97.7 Å². The molecule has 0 aliphatic carbocycles. The summed E-state index contributed by atoms with van der Waals surface area (Å²) in [5.74, 6) is -0.627. The van der Waals surface area contributed by atoms with Crippen molar-refractivity contribution in [1.82, 2.24) is 9.97 Å². The molecule has 0 saturated carbocycles. The Hall–Kier alpha value is -2.30. The highest BCUT2D eigenvalue weighted by Crippen LogP contribution is 2.13. The molecule has 17 heavy (non-hydrogen) atoms. The highest BCUT2D eigenvalue weighted by Gasteiger charge is 2.17. The van der Waals surface area contributed by atoms with Gasteiger partial charge in [-0.15, -0.1) is 0 Å². The summed E-state index contributed by atoms with van der Waals surface area (Å²) in [6, 6.07) is 6.53. The van der Waals surface area contributed by atoms with Crippen molar-refractivity contribution in [3.63, 3.8) is 0 Å². The topological polar surface area (TPSA) is 46.1 Å². The first kappa shape index (κ1) is 11.2. The fourth-order valence-electron chi connectivity index (χ4n) is 1.39. The maximum absolute atomic E-state index is 13.4. The molecule has 0 unspecified atom stereocenters. The fourth-order valence-corrected chi connectivity index (χ4v) is 1.39. The Kier molecular flexibility index (Phi) is 3.09. The van der Waals surface area contributed by atoms with E-state index in [0.717, 1.165) is 6.20 Å². The molecular formula is C12H10FN3O. The summed E-state index contributed by atoms with van der Waals surface area (Å²) in [5, 5.41) is 0. The van der Waals surface area contributed by atoms with Crippen LogP contribution in [0.1, 0.15) is 10.4 Å². The molecule has 4 nitrogen and oxygen atoms in total. The van der Waals surface area contributed by atoms with Gasteiger partial charge in [-0.2, -0.15) is 0 Å². The van der Waals surface area contributed by atoms with Gasteiger partial charge in [-0.3, -0.25) is 14.7 Å². The molecule has 2 rings (SSSR count). The minimum absolute atomic E-state index is 0.0202. The van der Waals surface area contributed by atoms with Crippen LogP contribution in [0.5, 0.6) is 0 Å². The van der Waals surface area contributed by atoms with Crippen molar-refractivity contribution in [3.05, 3.63) is 54.2 Å². The van der Waals surface area contributed by atoms with Gasteiger partial charge in [0, 0.05) is 19.4 Å². The lowest BCUT2D eigenvalue weighted by atomic mass is 10.2. The summed E-state index contributed by atoms with van der Waals surface area (Å²) in [7, 11) is 1.55. The molecule has 0 aromatic carbocycles. The summed E-state index contributed by atoms with van der Waals surface area (Å²) in [4.78, 5) is 20.9. The second-order valence-corrected chi connectivity index (χ2v) is 3.41. The van der Waals surface area contributed by atoms with Crippen molar-refractivity contribution in [2.24, 2.45) is 0 Å². The zero-order valence-corrected chi connectivity index (χ0v) is 9.17. The number of rotatable bonds is 2. The minimum atomic E-state index is -0.639. The van der Waals surface area contributed by atoms with E-state index >= 15 is 0 Å². The first-order valence-corrected chi connectivity index (χ1v) is 4.99. The molecule has 0 saturated heterocycles. The van der Waals surface area contributed by atoms with E-state index in [2.05, 4.69) is 9.97 Å². The number of hydrogen-bond donors (Lipinski definition) is 0. The number of amides is 1. The van der Waals surface area contributed by atoms with Crippen molar-refractivity contribution in [2.75, 3.05) is 11.9 Å². The van der Waals surface area contributed by atoms with E-state index < -0.39 is 11.7 Å². The Morgan fingerprint density at radius 2 is 2.12 bits per heavy atom. The highest BCUT2D eigenvalue weighted by molar-refractivity contribution is 6.05. The molecule has 0 aliphatic rings. The van der Waals surface area contributed by atoms with E-state index in [1.165, 1.54) is 17.2 Å². The summed E-state index contributed by atoms with van der Waals surface area (Å²) in [6.07, 6.45) is 3.96. The number of nitrogens with zero attached hydrogens (tertiary/aromatic N) is 3. The summed E-state index contributed by atoms with van der Waals surface area (Å²) < 4.78 is 13.4. The number of halogens is 1. The average Bonchev–Trinajstić information content (AvgIpc) is 2.39. The van der Waals surface area contributed by atoms with Crippen LogP contribution in [0, 0.1) is 5.82 Å². The third-order valence-corrected chi connectivity index (χ3v) is 2.30. The molecule has 0 atom stereocenters. The van der Waals surface area contributed by atoms with Gasteiger partial charge in [0.2, 0.25) is 0 Å². The molecule has 86 valence electrons. The standard InChI is InChI=1S/C12H10FN3O/c1-16(11-4-2-3-6-15-11)12(17)9-5-7-14-8-10(9)13/h2-8H,1H3. The zero-order chi connectivity index (χ0) is 12.3. The molecule has 0 radical (unpaired) electrons. The molecule has 0 aliphatic heterocycles. The van der Waals surface area contributed by atoms with Crippen molar-refractivity contribution < 1.29 is 9.18 Å². The third kappa shape index (κ3) is 2.28. The van der Waals surface area contributed by atoms with Crippen LogP contribution in [0.25, 0.3) is 0 Å². The monoisotopic (exact) mass is 231 g/mol. The number of carbonyl (C=O) groups excluding carboxylic acids is 1. The van der Waals surface area contributed by atoms with Gasteiger partial charge in [0.25, 0.3) is 5.91 Å². The van der Waals surface area contributed by atoms with Gasteiger partial charge in [-0.25, -0.2) is 9.37 Å². The van der Waals surface area contributed by atoms with Crippen LogP contribution in [-0.4, -0.2) is 22.9 Å². The molecule has 0 bridgehead atoms. The van der Waals surface area contributed by atoms with Gasteiger partial charge in [-0.05, 0) is 18.2 Å². The van der Waals surface area contributed by atoms with Crippen molar-refractivity contribution in [2.45, 2.75) is 0 Å². The summed E-state index contributed by atoms with van der Waals surface area (Å²) >= 11 is 0. The Bertz CT molecular complexity index is 530. The third-order valence-electron chi connectivity index (χ3n) is 2.30. The van der Waals surface area contributed by atoms with E-state index in [4.69, 9.17) is 0 Å². The number of carbonyl (C=O) groups is 1. The van der Waals surface area contributed by atoms with Gasteiger partial charge in [0.1, 0.15) is 5.82 Å². The maximum Gasteiger partial charge on any atom is 0.262 e. The number of hydrogen-bond acceptors (Lipinski definition) is 3. The van der Waals surface area contributed by atoms with Crippen molar-refractivity contribution >= 4 is 11.7 Å². The number of anilines is 1. The largest absolute Gasteiger partial charge is 0.296 e. The Morgan fingerprint density at radius 3 is 2.76 bits per heavy atom. The summed E-state index contributed by atoms with van der Waals surface area (Å²) in [6.45, 7) is 0. The zero-order valence-electron chi connectivity index (χ0n) is 9.17. The number of pyridine rings is 2. The summed E-state index contributed by atoms with van der Waals surface area (Å²) in [5.41, 5.74) is -0.0202. The predicted molar refractivity (Wildman–Crippen MR) is 61.2 cm³/mol. The molecular weight excluding hydrogens is 221 g/mol. The van der Waals surface area contributed by atoms with Crippen LogP contribution in [0.3, 0.4) is 0 Å². The molecule has 2 aromatic heterocycles. The van der Waals surface area contributed by atoms with Gasteiger partial charge >= 0.3 is 0 Å². The SMILES string of the molecule is CN(C(=O)c1ccncc1F)c1ccccn1. The molecule has 2 aromatic rings. The second kappa shape index (κ2) is 4.69. The first-order chi connectivity index (χ1) is 8.20.